The van der Waals surface area contributed by atoms with Crippen molar-refractivity contribution in [3.05, 3.63) is 46.5 Å². The largest absolute Gasteiger partial charge is 0.748 e. The number of quaternary nitrogens is 4. The molecule has 2 aromatic carbocycles. The predicted molar refractivity (Wildman–Crippen MR) is 366 cm³/mol. The summed E-state index contributed by atoms with van der Waals surface area (Å²) in [6, 6.07) is 0.539. The summed E-state index contributed by atoms with van der Waals surface area (Å²) in [7, 11) is -18.1. The molecule has 11 fully saturated rings. The van der Waals surface area contributed by atoms with Crippen LogP contribution in [0.5, 0.6) is 23.0 Å². The lowest BCUT2D eigenvalue weighted by Gasteiger charge is -2.49. The summed E-state index contributed by atoms with van der Waals surface area (Å²) in [5.74, 6) is -1.71. The van der Waals surface area contributed by atoms with Crippen LogP contribution in [0.1, 0.15) is 101 Å². The number of benzene rings is 2. The van der Waals surface area contributed by atoms with Crippen molar-refractivity contribution in [1.29, 1.82) is 0 Å². The smallest absolute Gasteiger partial charge is 0.326 e. The lowest BCUT2D eigenvalue weighted by Crippen LogP contribution is -2.69. The number of nitrogens with zero attached hydrogens (tertiary/aromatic N) is 16. The molecule has 0 aromatic heterocycles. The molecule has 44 nitrogen and oxygen atoms in total. The topological polar surface area (TPSA) is 565 Å². The molecule has 11 saturated heterocycles. The highest BCUT2D eigenvalue weighted by atomic mass is 32.2. The molecular weight excluding hydrogens is 1540 g/mol. The molecule has 12 N–H and O–H groups in total. The minimum absolute atomic E-state index is 0.0273. The fraction of sp³-hybridized carbons (Fsp3) is 0.677. The van der Waals surface area contributed by atoms with Gasteiger partial charge in [0.2, 0.25) is 0 Å². The van der Waals surface area contributed by atoms with E-state index in [4.69, 9.17) is 18.9 Å². The van der Waals surface area contributed by atoms with Crippen LogP contribution in [0.15, 0.2) is 24.3 Å². The second kappa shape index (κ2) is 28.8. The maximum atomic E-state index is 15.7. The van der Waals surface area contributed by atoms with Crippen molar-refractivity contribution in [3.63, 3.8) is 0 Å². The SMILES string of the molecule is CC12N3Cc4c(OCCCCS(=O)(=O)[O-])ccc(OCCCCS(=O)(=O)[O-])c4CN1C(=O)N1CN4C(=O)N5CN6C(=O)N7CN8C(=O)N9Cc%10c(OCCCCS(=O)(=O)[O-])ccc(OCCCCS(=O)(=O)[O-])c%10CN%10C(=O)N(CN%11C(=O)N(CN%12C(=O)N(CN(C3=O)C12C)C4C%125)C6C%117)C8(C)C%109C.[NH3+]CC[NH3+].[NH3+]CC[NH3+]. The van der Waals surface area contributed by atoms with E-state index in [0.29, 0.717) is 22.3 Å². The van der Waals surface area contributed by atoms with E-state index in [1.807, 2.05) is 0 Å². The maximum Gasteiger partial charge on any atom is 0.326 e. The average Bonchev–Trinajstić information content (AvgIpc) is 1.49. The molecule has 0 radical (unpaired) electrons. The molecule has 2 aromatic rings. The first-order valence-electron chi connectivity index (χ1n) is 36.2. The second-order valence-electron chi connectivity index (χ2n) is 29.4. The molecule has 13 aliphatic rings. The number of fused-ring (bicyclic) bond motifs is 2. The van der Waals surface area contributed by atoms with Crippen LogP contribution in [-0.2, 0) is 66.7 Å². The predicted octanol–water partition coefficient (Wildman–Crippen LogP) is -4.97. The minimum atomic E-state index is -4.53. The Morgan fingerprint density at radius 3 is 0.673 bits per heavy atom. The van der Waals surface area contributed by atoms with Gasteiger partial charge in [0.15, 0.2) is 47.3 Å². The second-order valence-corrected chi connectivity index (χ2v) is 35.5. The van der Waals surface area contributed by atoms with Crippen LogP contribution in [-0.4, -0.2) is 341 Å². The van der Waals surface area contributed by atoms with Crippen LogP contribution in [0.3, 0.4) is 0 Å². The Bertz CT molecular complexity index is 4030. The fourth-order valence-electron chi connectivity index (χ4n) is 17.4. The molecule has 110 heavy (non-hydrogen) atoms. The van der Waals surface area contributed by atoms with Gasteiger partial charge in [0.1, 0.15) is 89.2 Å². The molecule has 48 heteroatoms. The van der Waals surface area contributed by atoms with Gasteiger partial charge in [-0.25, -0.2) is 72.0 Å². The minimum Gasteiger partial charge on any atom is -0.748 e. The average molecular weight is 1630 g/mol. The molecule has 13 aliphatic heterocycles. The maximum absolute atomic E-state index is 15.7. The molecule has 13 heterocycles. The van der Waals surface area contributed by atoms with E-state index in [-0.39, 0.29) is 127 Å². The van der Waals surface area contributed by atoms with Crippen molar-refractivity contribution in [3.8, 4) is 23.0 Å². The summed E-state index contributed by atoms with van der Waals surface area (Å²) < 4.78 is 162. The highest BCUT2D eigenvalue weighted by Gasteiger charge is 2.80. The lowest BCUT2D eigenvalue weighted by atomic mass is 9.95. The molecule has 0 spiro atoms. The molecule has 0 saturated carbocycles. The van der Waals surface area contributed by atoms with Gasteiger partial charge in [-0.05, 0) is 103 Å². The number of hydrogen-bond donors (Lipinski definition) is 4. The summed E-state index contributed by atoms with van der Waals surface area (Å²) in [4.78, 5) is 147. The van der Waals surface area contributed by atoms with E-state index in [2.05, 4.69) is 22.9 Å². The molecule has 608 valence electrons. The Labute approximate surface area is 633 Å². The van der Waals surface area contributed by atoms with Crippen molar-refractivity contribution in [2.75, 3.05) is 116 Å². The van der Waals surface area contributed by atoms with Crippen LogP contribution in [0, 0.1) is 0 Å². The van der Waals surface area contributed by atoms with Gasteiger partial charge in [0.25, 0.3) is 0 Å². The number of carbonyl (C=O) groups is 8. The molecule has 15 rings (SSSR count). The van der Waals surface area contributed by atoms with Crippen LogP contribution in [0.25, 0.3) is 0 Å². The number of amides is 16. The molecule has 16 amide bonds. The summed E-state index contributed by atoms with van der Waals surface area (Å²) in [5.41, 5.74) is 8.94. The number of ether oxygens (including phenoxy) is 4. The van der Waals surface area contributed by atoms with Crippen molar-refractivity contribution >= 4 is 88.7 Å². The summed E-state index contributed by atoms with van der Waals surface area (Å²) >= 11 is 0. The van der Waals surface area contributed by atoms with E-state index < -0.39 is 199 Å². The third-order valence-corrected chi connectivity index (χ3v) is 26.5. The van der Waals surface area contributed by atoms with Crippen molar-refractivity contribution in [1.82, 2.24) is 78.4 Å². The first-order valence-corrected chi connectivity index (χ1v) is 42.5. The number of unbranched alkanes of at least 4 members (excludes halogenated alkanes) is 4. The molecule has 0 aliphatic carbocycles. The number of carbonyl (C=O) groups excluding carboxylic acids is 8. The lowest BCUT2D eigenvalue weighted by molar-refractivity contribution is -0.453. The van der Waals surface area contributed by atoms with Gasteiger partial charge in [-0.3, -0.25) is 78.4 Å². The molecule has 0 bridgehead atoms. The molecule has 0 atom stereocenters. The monoisotopic (exact) mass is 1630 g/mol. The van der Waals surface area contributed by atoms with E-state index in [0.717, 1.165) is 26.2 Å². The zero-order valence-electron chi connectivity index (χ0n) is 61.2. The Hall–Kier alpha value is -8.72. The summed E-state index contributed by atoms with van der Waals surface area (Å²) in [6.07, 6.45) is -4.72. The van der Waals surface area contributed by atoms with E-state index >= 15 is 38.4 Å². The van der Waals surface area contributed by atoms with Crippen molar-refractivity contribution in [2.45, 2.75) is 153 Å². The van der Waals surface area contributed by atoms with Gasteiger partial charge in [0, 0.05) is 45.3 Å². The Balaban J connectivity index is 0.00000127. The Kier molecular flexibility index (Phi) is 20.8. The van der Waals surface area contributed by atoms with Crippen molar-refractivity contribution < 1.29 is 132 Å². The Morgan fingerprint density at radius 2 is 0.491 bits per heavy atom. The molecular formula is C62H92N20O24S4. The van der Waals surface area contributed by atoms with Crippen LogP contribution >= 0.6 is 0 Å². The number of urea groups is 8. The van der Waals surface area contributed by atoms with Crippen LogP contribution < -0.4 is 41.9 Å². The van der Waals surface area contributed by atoms with Gasteiger partial charge in [-0.1, -0.05) is 0 Å². The van der Waals surface area contributed by atoms with Gasteiger partial charge < -0.3 is 60.1 Å². The van der Waals surface area contributed by atoms with E-state index in [9.17, 15) is 51.9 Å². The van der Waals surface area contributed by atoms with Gasteiger partial charge in [0.05, 0.1) is 93.1 Å². The van der Waals surface area contributed by atoms with Crippen LogP contribution in [0.4, 0.5) is 38.4 Å². The first-order chi connectivity index (χ1) is 51.8. The fourth-order valence-corrected chi connectivity index (χ4v) is 19.6. The zero-order chi connectivity index (χ0) is 79.7. The van der Waals surface area contributed by atoms with E-state index in [1.165, 1.54) is 78.4 Å². The van der Waals surface area contributed by atoms with E-state index in [1.54, 1.807) is 52.0 Å². The van der Waals surface area contributed by atoms with Gasteiger partial charge in [-0.15, -0.1) is 0 Å². The highest BCUT2D eigenvalue weighted by Crippen LogP contribution is 2.60. The van der Waals surface area contributed by atoms with Crippen molar-refractivity contribution in [2.24, 2.45) is 0 Å². The Morgan fingerprint density at radius 1 is 0.309 bits per heavy atom. The quantitative estimate of drug-likeness (QED) is 0.0506. The highest BCUT2D eigenvalue weighted by molar-refractivity contribution is 7.86. The van der Waals surface area contributed by atoms with Gasteiger partial charge >= 0.3 is 48.2 Å². The zero-order valence-corrected chi connectivity index (χ0v) is 64.5. The third kappa shape index (κ3) is 12.8. The number of rotatable bonds is 26. The molecule has 0 unspecified atom stereocenters. The summed E-state index contributed by atoms with van der Waals surface area (Å²) in [6.45, 7) is 5.79. The third-order valence-electron chi connectivity index (χ3n) is 23.3. The number of hydrogen-bond acceptors (Lipinski definition) is 24. The standard InChI is InChI=1S/C58H76N16O24S4.2C2H8N2/c1-55-57(3)71-31-63-45-43-59(47(63)75)29-61-44-46-65(49(61)77)33-73-53(81)69-27-37-38(42(98-20-8-12-24-102(92,93)94)16-15-41(37)97-19-7-11-23-101(89,90)91)28-70-54(82)74(58(73,4)56(69,70)2)34-66(46)50(78)62(44)30-60(43)48(76)64(45)32-72(57)52(80)68(55)26-36-35(25-67(55)51(71)79)39(95-17-5-9-21-99(83,84)85)13-14-40(36)96-18-6-10-22-100(86,87)88;2*3-1-2-4/h13-16,43-46H,5-12,17-34H2,1-4H3,(H,83,84,85)(H,86,87,88)(H,89,90,91)(H,92,93,94);2*1-4H2. The summed E-state index contributed by atoms with van der Waals surface area (Å²) in [5, 5.41) is 0. The first kappa shape index (κ1) is 79.4. The van der Waals surface area contributed by atoms with Gasteiger partial charge in [-0.2, -0.15) is 0 Å². The van der Waals surface area contributed by atoms with Crippen LogP contribution in [0.2, 0.25) is 0 Å². The normalized spacial score (nSPS) is 27.4.